The molecule has 3 heterocycles. The topological polar surface area (TPSA) is 65.2 Å². The summed E-state index contributed by atoms with van der Waals surface area (Å²) in [4.78, 5) is 17.7. The highest BCUT2D eigenvalue weighted by Gasteiger charge is 2.19. The average molecular weight is 377 g/mol. The van der Waals surface area contributed by atoms with Crippen molar-refractivity contribution in [2.24, 2.45) is 0 Å². The smallest absolute Gasteiger partial charge is 0.350 e. The van der Waals surface area contributed by atoms with Gasteiger partial charge in [-0.05, 0) is 17.5 Å². The Morgan fingerprint density at radius 2 is 2.12 bits per heavy atom. The highest BCUT2D eigenvalue weighted by Crippen LogP contribution is 2.35. The van der Waals surface area contributed by atoms with Crippen molar-refractivity contribution in [3.63, 3.8) is 0 Å². The lowest BCUT2D eigenvalue weighted by molar-refractivity contribution is 0.0436. The SMILES string of the molecule is O=C(OCc1nc(-c2cccs2)no1)c1sc2ccccc2c1Cl. The molecule has 0 saturated heterocycles. The highest BCUT2D eigenvalue weighted by atomic mass is 35.5. The molecule has 1 aromatic carbocycles. The highest BCUT2D eigenvalue weighted by molar-refractivity contribution is 7.21. The summed E-state index contributed by atoms with van der Waals surface area (Å²) >= 11 is 9.07. The lowest BCUT2D eigenvalue weighted by atomic mass is 10.2. The van der Waals surface area contributed by atoms with Gasteiger partial charge in [0.05, 0.1) is 9.90 Å². The number of ether oxygens (including phenoxy) is 1. The fourth-order valence-electron chi connectivity index (χ4n) is 2.16. The molecule has 0 aliphatic heterocycles. The minimum atomic E-state index is -0.503. The zero-order valence-electron chi connectivity index (χ0n) is 12.1. The van der Waals surface area contributed by atoms with E-state index >= 15 is 0 Å². The molecule has 8 heteroatoms. The van der Waals surface area contributed by atoms with Crippen LogP contribution in [0.25, 0.3) is 20.8 Å². The molecule has 4 aromatic rings. The van der Waals surface area contributed by atoms with Gasteiger partial charge >= 0.3 is 5.97 Å². The van der Waals surface area contributed by atoms with Gasteiger partial charge in [-0.1, -0.05) is 41.0 Å². The van der Waals surface area contributed by atoms with E-state index in [0.717, 1.165) is 15.0 Å². The van der Waals surface area contributed by atoms with Gasteiger partial charge in [-0.2, -0.15) is 4.98 Å². The van der Waals surface area contributed by atoms with Gasteiger partial charge in [0.15, 0.2) is 6.61 Å². The molecule has 0 radical (unpaired) electrons. The van der Waals surface area contributed by atoms with E-state index in [9.17, 15) is 4.79 Å². The van der Waals surface area contributed by atoms with E-state index < -0.39 is 5.97 Å². The van der Waals surface area contributed by atoms with Crippen molar-refractivity contribution in [1.29, 1.82) is 0 Å². The van der Waals surface area contributed by atoms with Crippen molar-refractivity contribution in [2.45, 2.75) is 6.61 Å². The number of fused-ring (bicyclic) bond motifs is 1. The zero-order valence-corrected chi connectivity index (χ0v) is 14.5. The molecule has 3 aromatic heterocycles. The van der Waals surface area contributed by atoms with Crippen LogP contribution in [-0.4, -0.2) is 16.1 Å². The Morgan fingerprint density at radius 3 is 2.92 bits per heavy atom. The number of halogens is 1. The summed E-state index contributed by atoms with van der Waals surface area (Å²) in [5.41, 5.74) is 0. The van der Waals surface area contributed by atoms with Gasteiger partial charge in [-0.15, -0.1) is 22.7 Å². The van der Waals surface area contributed by atoms with Crippen molar-refractivity contribution in [1.82, 2.24) is 10.1 Å². The van der Waals surface area contributed by atoms with Gasteiger partial charge in [-0.3, -0.25) is 0 Å². The number of aromatic nitrogens is 2. The first-order chi connectivity index (χ1) is 11.7. The van der Waals surface area contributed by atoms with Crippen LogP contribution >= 0.6 is 34.3 Å². The largest absolute Gasteiger partial charge is 0.451 e. The molecule has 0 unspecified atom stereocenters. The molecule has 24 heavy (non-hydrogen) atoms. The third-order valence-corrected chi connectivity index (χ3v) is 5.78. The molecule has 4 rings (SSSR count). The lowest BCUT2D eigenvalue weighted by Crippen LogP contribution is -2.04. The normalized spacial score (nSPS) is 11.0. The molecule has 0 amide bonds. The maximum absolute atomic E-state index is 12.3. The Balaban J connectivity index is 1.49. The van der Waals surface area contributed by atoms with Gasteiger partial charge in [-0.25, -0.2) is 4.79 Å². The summed E-state index contributed by atoms with van der Waals surface area (Å²) in [7, 11) is 0. The Morgan fingerprint density at radius 1 is 1.25 bits per heavy atom. The van der Waals surface area contributed by atoms with Gasteiger partial charge in [0.25, 0.3) is 5.89 Å². The Hall–Kier alpha value is -2.22. The zero-order chi connectivity index (χ0) is 16.5. The molecule has 120 valence electrons. The average Bonchev–Trinajstić information content (AvgIpc) is 3.33. The first-order valence-electron chi connectivity index (χ1n) is 6.93. The number of rotatable bonds is 4. The van der Waals surface area contributed by atoms with E-state index in [1.807, 2.05) is 41.8 Å². The van der Waals surface area contributed by atoms with Crippen LogP contribution in [0.5, 0.6) is 0 Å². The number of hydrogen-bond acceptors (Lipinski definition) is 7. The Bertz CT molecular complexity index is 1010. The molecule has 0 spiro atoms. The number of carbonyl (C=O) groups is 1. The summed E-state index contributed by atoms with van der Waals surface area (Å²) in [6.45, 7) is -0.0955. The molecule has 0 saturated carbocycles. The van der Waals surface area contributed by atoms with Crippen molar-refractivity contribution < 1.29 is 14.1 Å². The third kappa shape index (κ3) is 2.82. The van der Waals surface area contributed by atoms with Crippen molar-refractivity contribution in [3.05, 3.63) is 57.6 Å². The van der Waals surface area contributed by atoms with E-state index in [1.54, 1.807) is 0 Å². The third-order valence-electron chi connectivity index (χ3n) is 3.26. The molecule has 0 N–H and O–H groups in total. The number of thiophene rings is 2. The maximum atomic E-state index is 12.3. The predicted molar refractivity (Wildman–Crippen MR) is 93.6 cm³/mol. The van der Waals surface area contributed by atoms with Crippen LogP contribution in [-0.2, 0) is 11.3 Å². The number of nitrogens with zero attached hydrogens (tertiary/aromatic N) is 2. The minimum Gasteiger partial charge on any atom is -0.451 e. The van der Waals surface area contributed by atoms with E-state index in [0.29, 0.717) is 15.7 Å². The molecule has 0 aliphatic carbocycles. The number of esters is 1. The fraction of sp³-hybridized carbons (Fsp3) is 0.0625. The second-order valence-corrected chi connectivity index (χ2v) is 7.18. The van der Waals surface area contributed by atoms with Crippen LogP contribution < -0.4 is 0 Å². The predicted octanol–water partition coefficient (Wildman–Crippen LogP) is 5.02. The van der Waals surface area contributed by atoms with Gasteiger partial charge < -0.3 is 9.26 Å². The summed E-state index contributed by atoms with van der Waals surface area (Å²) in [5.74, 6) is 0.219. The number of carbonyl (C=O) groups excluding carboxylic acids is 1. The first-order valence-corrected chi connectivity index (χ1v) is 9.00. The van der Waals surface area contributed by atoms with Crippen molar-refractivity contribution >= 4 is 50.3 Å². The van der Waals surface area contributed by atoms with E-state index in [1.165, 1.54) is 22.7 Å². The lowest BCUT2D eigenvalue weighted by Gasteiger charge is -1.99. The molecule has 0 bridgehead atoms. The van der Waals surface area contributed by atoms with Crippen LogP contribution in [0, 0.1) is 0 Å². The molecular formula is C16H9ClN2O3S2. The van der Waals surface area contributed by atoms with Crippen LogP contribution in [0.1, 0.15) is 15.6 Å². The Kier molecular flexibility index (Phi) is 4.05. The van der Waals surface area contributed by atoms with Crippen molar-refractivity contribution in [3.8, 4) is 10.7 Å². The fourth-order valence-corrected chi connectivity index (χ4v) is 4.21. The molecule has 0 aliphatic rings. The minimum absolute atomic E-state index is 0.0955. The Labute approximate surface area is 149 Å². The molecule has 5 nitrogen and oxygen atoms in total. The number of benzene rings is 1. The molecule has 0 atom stereocenters. The second-order valence-electron chi connectivity index (χ2n) is 4.81. The van der Waals surface area contributed by atoms with Gasteiger partial charge in [0.2, 0.25) is 5.82 Å². The summed E-state index contributed by atoms with van der Waals surface area (Å²) in [5, 5.41) is 7.05. The quantitative estimate of drug-likeness (QED) is 0.468. The van der Waals surface area contributed by atoms with E-state index in [2.05, 4.69) is 10.1 Å². The second kappa shape index (κ2) is 6.35. The van der Waals surface area contributed by atoms with Crippen molar-refractivity contribution in [2.75, 3.05) is 0 Å². The number of hydrogen-bond donors (Lipinski definition) is 0. The maximum Gasteiger partial charge on any atom is 0.350 e. The standard InChI is InChI=1S/C16H9ClN2O3S2/c17-13-9-4-1-2-5-10(9)24-14(13)16(20)21-8-12-18-15(19-22-12)11-6-3-7-23-11/h1-7H,8H2. The monoisotopic (exact) mass is 376 g/mol. The summed E-state index contributed by atoms with van der Waals surface area (Å²) in [6, 6.07) is 11.3. The van der Waals surface area contributed by atoms with Crippen LogP contribution in [0.3, 0.4) is 0 Å². The van der Waals surface area contributed by atoms with Crippen LogP contribution in [0.4, 0.5) is 0 Å². The molecular weight excluding hydrogens is 368 g/mol. The summed E-state index contributed by atoms with van der Waals surface area (Å²) < 4.78 is 11.3. The van der Waals surface area contributed by atoms with Gasteiger partial charge in [0.1, 0.15) is 4.88 Å². The van der Waals surface area contributed by atoms with E-state index in [-0.39, 0.29) is 12.5 Å². The molecule has 0 fully saturated rings. The van der Waals surface area contributed by atoms with Crippen LogP contribution in [0.2, 0.25) is 5.02 Å². The van der Waals surface area contributed by atoms with Gasteiger partial charge in [0, 0.05) is 10.1 Å². The van der Waals surface area contributed by atoms with E-state index in [4.69, 9.17) is 20.9 Å². The summed E-state index contributed by atoms with van der Waals surface area (Å²) in [6.07, 6.45) is 0. The van der Waals surface area contributed by atoms with Crippen LogP contribution in [0.15, 0.2) is 46.3 Å². The first kappa shape index (κ1) is 15.3.